The van der Waals surface area contributed by atoms with Crippen molar-refractivity contribution in [3.8, 4) is 0 Å². The molecule has 1 aliphatic carbocycles. The molecule has 0 bridgehead atoms. The second kappa shape index (κ2) is 4.86. The molecule has 0 aromatic carbocycles. The first-order chi connectivity index (χ1) is 6.83. The van der Waals surface area contributed by atoms with E-state index in [1.54, 1.807) is 0 Å². The summed E-state index contributed by atoms with van der Waals surface area (Å²) < 4.78 is 0. The lowest BCUT2D eigenvalue weighted by Gasteiger charge is -2.44. The van der Waals surface area contributed by atoms with Crippen molar-refractivity contribution in [1.29, 1.82) is 0 Å². The molecule has 3 atom stereocenters. The highest BCUT2D eigenvalue weighted by Gasteiger charge is 2.37. The third-order valence-corrected chi connectivity index (χ3v) is 4.32. The quantitative estimate of drug-likeness (QED) is 0.754. The Morgan fingerprint density at radius 3 is 2.27 bits per heavy atom. The maximum absolute atomic E-state index is 6.21. The molecule has 0 aromatic rings. The summed E-state index contributed by atoms with van der Waals surface area (Å²) >= 11 is 0. The molecule has 15 heavy (non-hydrogen) atoms. The molecule has 1 fully saturated rings. The van der Waals surface area contributed by atoms with Gasteiger partial charge in [-0.15, -0.1) is 0 Å². The van der Waals surface area contributed by atoms with E-state index in [4.69, 9.17) is 5.73 Å². The van der Waals surface area contributed by atoms with Gasteiger partial charge in [0, 0.05) is 6.04 Å². The van der Waals surface area contributed by atoms with Crippen molar-refractivity contribution < 1.29 is 0 Å². The minimum absolute atomic E-state index is 0.440. The van der Waals surface area contributed by atoms with Crippen LogP contribution in [0.1, 0.15) is 60.3 Å². The van der Waals surface area contributed by atoms with Crippen molar-refractivity contribution in [2.45, 2.75) is 66.3 Å². The number of rotatable bonds is 3. The van der Waals surface area contributed by atoms with Crippen LogP contribution in [0.25, 0.3) is 0 Å². The Bertz CT molecular complexity index is 196. The molecule has 0 aliphatic heterocycles. The Kier molecular flexibility index (Phi) is 4.22. The lowest BCUT2D eigenvalue weighted by Crippen LogP contribution is -2.41. The van der Waals surface area contributed by atoms with Gasteiger partial charge in [0.2, 0.25) is 0 Å². The molecule has 1 aliphatic rings. The summed E-state index contributed by atoms with van der Waals surface area (Å²) in [7, 11) is 0. The van der Waals surface area contributed by atoms with Crippen LogP contribution in [0.15, 0.2) is 0 Å². The van der Waals surface area contributed by atoms with E-state index in [2.05, 4.69) is 34.6 Å². The maximum Gasteiger partial charge on any atom is 0.00467 e. The SMILES string of the molecule is CC(C)CC1CC(N)CC(C)(C(C)C)C1. The molecule has 2 N–H and O–H groups in total. The van der Waals surface area contributed by atoms with Gasteiger partial charge in [0.25, 0.3) is 0 Å². The predicted octanol–water partition coefficient (Wildman–Crippen LogP) is 3.82. The molecule has 0 aromatic heterocycles. The summed E-state index contributed by atoms with van der Waals surface area (Å²) in [5.41, 5.74) is 6.70. The molecule has 0 radical (unpaired) electrons. The van der Waals surface area contributed by atoms with E-state index in [1.807, 2.05) is 0 Å². The fraction of sp³-hybridized carbons (Fsp3) is 1.00. The molecule has 1 nitrogen and oxygen atoms in total. The molecule has 3 unspecified atom stereocenters. The van der Waals surface area contributed by atoms with Gasteiger partial charge >= 0.3 is 0 Å². The molecule has 0 saturated heterocycles. The van der Waals surface area contributed by atoms with Gasteiger partial charge in [0.1, 0.15) is 0 Å². The highest BCUT2D eigenvalue weighted by Crippen LogP contribution is 2.45. The molecular weight excluding hydrogens is 182 g/mol. The van der Waals surface area contributed by atoms with E-state index in [-0.39, 0.29) is 0 Å². The van der Waals surface area contributed by atoms with Crippen LogP contribution in [-0.2, 0) is 0 Å². The van der Waals surface area contributed by atoms with Crippen LogP contribution in [0.4, 0.5) is 0 Å². The first-order valence-corrected chi connectivity index (χ1v) is 6.59. The van der Waals surface area contributed by atoms with Crippen molar-refractivity contribution >= 4 is 0 Å². The first kappa shape index (κ1) is 13.0. The van der Waals surface area contributed by atoms with Crippen LogP contribution in [0.2, 0.25) is 0 Å². The number of hydrogen-bond acceptors (Lipinski definition) is 1. The van der Waals surface area contributed by atoms with Crippen LogP contribution in [0, 0.1) is 23.2 Å². The van der Waals surface area contributed by atoms with Crippen LogP contribution in [-0.4, -0.2) is 6.04 Å². The van der Waals surface area contributed by atoms with Crippen molar-refractivity contribution in [3.63, 3.8) is 0 Å². The second-order valence-corrected chi connectivity index (χ2v) is 6.71. The number of hydrogen-bond donors (Lipinski definition) is 1. The van der Waals surface area contributed by atoms with Gasteiger partial charge in [-0.1, -0.05) is 34.6 Å². The largest absolute Gasteiger partial charge is 0.328 e. The van der Waals surface area contributed by atoms with E-state index in [9.17, 15) is 0 Å². The molecule has 1 saturated carbocycles. The van der Waals surface area contributed by atoms with Gasteiger partial charge in [-0.3, -0.25) is 0 Å². The molecular formula is C14H29N. The third kappa shape index (κ3) is 3.48. The normalized spacial score (nSPS) is 37.6. The molecule has 90 valence electrons. The van der Waals surface area contributed by atoms with Crippen LogP contribution < -0.4 is 5.73 Å². The van der Waals surface area contributed by atoms with Gasteiger partial charge in [-0.25, -0.2) is 0 Å². The smallest absolute Gasteiger partial charge is 0.00467 e. The zero-order valence-electron chi connectivity index (χ0n) is 11.2. The summed E-state index contributed by atoms with van der Waals surface area (Å²) in [6.45, 7) is 11.8. The van der Waals surface area contributed by atoms with Gasteiger partial charge in [0.15, 0.2) is 0 Å². The van der Waals surface area contributed by atoms with Gasteiger partial charge in [0.05, 0.1) is 0 Å². The zero-order valence-corrected chi connectivity index (χ0v) is 11.2. The van der Waals surface area contributed by atoms with Crippen molar-refractivity contribution in [2.24, 2.45) is 28.9 Å². The number of nitrogens with two attached hydrogens (primary N) is 1. The molecule has 0 amide bonds. The summed E-state index contributed by atoms with van der Waals surface area (Å²) in [5, 5.41) is 0. The molecule has 0 spiro atoms. The monoisotopic (exact) mass is 211 g/mol. The molecule has 1 rings (SSSR count). The summed E-state index contributed by atoms with van der Waals surface area (Å²) in [5.74, 6) is 2.44. The van der Waals surface area contributed by atoms with E-state index in [0.717, 1.165) is 17.8 Å². The second-order valence-electron chi connectivity index (χ2n) is 6.71. The average molecular weight is 211 g/mol. The summed E-state index contributed by atoms with van der Waals surface area (Å²) in [4.78, 5) is 0. The van der Waals surface area contributed by atoms with E-state index in [0.29, 0.717) is 11.5 Å². The van der Waals surface area contributed by atoms with Crippen LogP contribution >= 0.6 is 0 Å². The van der Waals surface area contributed by atoms with Gasteiger partial charge in [-0.05, 0) is 48.9 Å². The van der Waals surface area contributed by atoms with Crippen molar-refractivity contribution in [2.75, 3.05) is 0 Å². The lowest BCUT2D eigenvalue weighted by atomic mass is 9.62. The highest BCUT2D eigenvalue weighted by molar-refractivity contribution is 4.90. The van der Waals surface area contributed by atoms with Crippen LogP contribution in [0.5, 0.6) is 0 Å². The van der Waals surface area contributed by atoms with Crippen molar-refractivity contribution in [1.82, 2.24) is 0 Å². The Hall–Kier alpha value is -0.0400. The standard InChI is InChI=1S/C14H29N/c1-10(2)6-12-7-13(15)9-14(5,8-12)11(3)4/h10-13H,6-9,15H2,1-5H3. The average Bonchev–Trinajstić information content (AvgIpc) is 1.99. The van der Waals surface area contributed by atoms with Crippen molar-refractivity contribution in [3.05, 3.63) is 0 Å². The van der Waals surface area contributed by atoms with E-state index < -0.39 is 0 Å². The van der Waals surface area contributed by atoms with Gasteiger partial charge in [-0.2, -0.15) is 0 Å². The van der Waals surface area contributed by atoms with E-state index >= 15 is 0 Å². The Morgan fingerprint density at radius 1 is 1.20 bits per heavy atom. The van der Waals surface area contributed by atoms with E-state index in [1.165, 1.54) is 25.7 Å². The maximum atomic E-state index is 6.21. The fourth-order valence-electron chi connectivity index (χ4n) is 3.25. The molecule has 0 heterocycles. The lowest BCUT2D eigenvalue weighted by molar-refractivity contribution is 0.0791. The third-order valence-electron chi connectivity index (χ3n) is 4.32. The highest BCUT2D eigenvalue weighted by atomic mass is 14.7. The zero-order chi connectivity index (χ0) is 11.6. The minimum atomic E-state index is 0.440. The van der Waals surface area contributed by atoms with Crippen LogP contribution in [0.3, 0.4) is 0 Å². The van der Waals surface area contributed by atoms with Gasteiger partial charge < -0.3 is 5.73 Å². The minimum Gasteiger partial charge on any atom is -0.328 e. The Morgan fingerprint density at radius 2 is 1.80 bits per heavy atom. The Balaban J connectivity index is 2.63. The summed E-state index contributed by atoms with van der Waals surface area (Å²) in [6, 6.07) is 0.440. The predicted molar refractivity (Wildman–Crippen MR) is 67.7 cm³/mol. The molecule has 1 heteroatoms. The Labute approximate surface area is 95.8 Å². The summed E-state index contributed by atoms with van der Waals surface area (Å²) in [6.07, 6.45) is 5.21. The topological polar surface area (TPSA) is 26.0 Å². The first-order valence-electron chi connectivity index (χ1n) is 6.59. The fourth-order valence-corrected chi connectivity index (χ4v) is 3.25.